The monoisotopic (exact) mass is 255 g/mol. The van der Waals surface area contributed by atoms with E-state index in [9.17, 15) is 0 Å². The highest BCUT2D eigenvalue weighted by atomic mass is 14.9. The highest BCUT2D eigenvalue weighted by molar-refractivity contribution is 5.96. The number of nitrogens with two attached hydrogens (primary N) is 1. The third-order valence-electron chi connectivity index (χ3n) is 4.31. The Kier molecular flexibility index (Phi) is 3.05. The molecule has 2 aromatic rings. The Hall–Kier alpha value is -1.77. The standard InChI is InChI=1S/C16H21N3/c1-16(8-4-5-9-16)11-19-15-12-6-2-3-7-14(12)18-10-13(15)17/h2-3,6-7,10H,4-5,8-9,11,17H2,1H3,(H,18,19). The number of aromatic nitrogens is 1. The van der Waals surface area contributed by atoms with E-state index in [1.54, 1.807) is 6.20 Å². The minimum Gasteiger partial charge on any atom is -0.396 e. The molecule has 1 fully saturated rings. The van der Waals surface area contributed by atoms with Gasteiger partial charge in [-0.05, 0) is 24.3 Å². The van der Waals surface area contributed by atoms with Crippen LogP contribution in [-0.2, 0) is 0 Å². The van der Waals surface area contributed by atoms with E-state index in [4.69, 9.17) is 5.73 Å². The lowest BCUT2D eigenvalue weighted by Crippen LogP contribution is -2.23. The smallest absolute Gasteiger partial charge is 0.0743 e. The highest BCUT2D eigenvalue weighted by Crippen LogP contribution is 2.38. The quantitative estimate of drug-likeness (QED) is 0.876. The largest absolute Gasteiger partial charge is 0.396 e. The third-order valence-corrected chi connectivity index (χ3v) is 4.31. The molecule has 1 heterocycles. The first kappa shape index (κ1) is 12.3. The topological polar surface area (TPSA) is 50.9 Å². The Balaban J connectivity index is 1.89. The van der Waals surface area contributed by atoms with Crippen molar-refractivity contribution < 1.29 is 0 Å². The molecule has 0 saturated heterocycles. The Labute approximate surface area is 114 Å². The fourth-order valence-corrected chi connectivity index (χ4v) is 3.06. The molecule has 1 aromatic heterocycles. The molecule has 1 aromatic carbocycles. The van der Waals surface area contributed by atoms with Crippen LogP contribution in [0.1, 0.15) is 32.6 Å². The van der Waals surface area contributed by atoms with Gasteiger partial charge in [0.15, 0.2) is 0 Å². The Bertz CT molecular complexity index is 586. The molecule has 0 spiro atoms. The number of nitrogen functional groups attached to an aromatic ring is 1. The lowest BCUT2D eigenvalue weighted by atomic mass is 9.89. The maximum atomic E-state index is 6.09. The van der Waals surface area contributed by atoms with E-state index < -0.39 is 0 Å². The van der Waals surface area contributed by atoms with E-state index in [2.05, 4.69) is 23.3 Å². The molecule has 0 bridgehead atoms. The van der Waals surface area contributed by atoms with Crippen molar-refractivity contribution in [2.75, 3.05) is 17.6 Å². The molecule has 3 N–H and O–H groups in total. The summed E-state index contributed by atoms with van der Waals surface area (Å²) in [6, 6.07) is 8.15. The van der Waals surface area contributed by atoms with E-state index in [-0.39, 0.29) is 0 Å². The lowest BCUT2D eigenvalue weighted by molar-refractivity contribution is 0.362. The van der Waals surface area contributed by atoms with Crippen molar-refractivity contribution in [2.24, 2.45) is 5.41 Å². The predicted octanol–water partition coefficient (Wildman–Crippen LogP) is 3.81. The zero-order valence-corrected chi connectivity index (χ0v) is 11.4. The van der Waals surface area contributed by atoms with E-state index in [1.165, 1.54) is 25.7 Å². The number of para-hydroxylation sites is 1. The van der Waals surface area contributed by atoms with Crippen molar-refractivity contribution >= 4 is 22.3 Å². The molecule has 0 unspecified atom stereocenters. The van der Waals surface area contributed by atoms with Gasteiger partial charge in [-0.15, -0.1) is 0 Å². The molecule has 1 aliphatic carbocycles. The number of hydrogen-bond donors (Lipinski definition) is 2. The second-order valence-corrected chi connectivity index (χ2v) is 5.98. The molecule has 100 valence electrons. The number of rotatable bonds is 3. The van der Waals surface area contributed by atoms with E-state index in [1.807, 2.05) is 18.2 Å². The first-order valence-electron chi connectivity index (χ1n) is 7.05. The van der Waals surface area contributed by atoms with Crippen LogP contribution < -0.4 is 11.1 Å². The molecular weight excluding hydrogens is 234 g/mol. The van der Waals surface area contributed by atoms with Crippen molar-refractivity contribution in [2.45, 2.75) is 32.6 Å². The van der Waals surface area contributed by atoms with Crippen LogP contribution in [-0.4, -0.2) is 11.5 Å². The maximum absolute atomic E-state index is 6.09. The highest BCUT2D eigenvalue weighted by Gasteiger charge is 2.28. The van der Waals surface area contributed by atoms with Gasteiger partial charge < -0.3 is 11.1 Å². The van der Waals surface area contributed by atoms with Crippen LogP contribution in [0.2, 0.25) is 0 Å². The van der Waals surface area contributed by atoms with Gasteiger partial charge in [-0.2, -0.15) is 0 Å². The average molecular weight is 255 g/mol. The zero-order chi connectivity index (χ0) is 13.3. The molecular formula is C16H21N3. The summed E-state index contributed by atoms with van der Waals surface area (Å²) < 4.78 is 0. The van der Waals surface area contributed by atoms with Gasteiger partial charge in [-0.3, -0.25) is 4.98 Å². The summed E-state index contributed by atoms with van der Waals surface area (Å²) in [6.45, 7) is 3.36. The van der Waals surface area contributed by atoms with Crippen molar-refractivity contribution in [3.8, 4) is 0 Å². The maximum Gasteiger partial charge on any atom is 0.0743 e. The SMILES string of the molecule is CC1(CNc2c(N)cnc3ccccc23)CCCC1. The Morgan fingerprint density at radius 3 is 2.79 bits per heavy atom. The van der Waals surface area contributed by atoms with Crippen LogP contribution >= 0.6 is 0 Å². The molecule has 1 saturated carbocycles. The van der Waals surface area contributed by atoms with E-state index >= 15 is 0 Å². The van der Waals surface area contributed by atoms with Gasteiger partial charge in [0.05, 0.1) is 23.1 Å². The normalized spacial score (nSPS) is 17.7. The first-order chi connectivity index (χ1) is 9.18. The summed E-state index contributed by atoms with van der Waals surface area (Å²) in [7, 11) is 0. The number of pyridine rings is 1. The first-order valence-corrected chi connectivity index (χ1v) is 7.05. The molecule has 0 aliphatic heterocycles. The fourth-order valence-electron chi connectivity index (χ4n) is 3.06. The summed E-state index contributed by atoms with van der Waals surface area (Å²) >= 11 is 0. The molecule has 0 atom stereocenters. The fraction of sp³-hybridized carbons (Fsp3) is 0.438. The molecule has 3 nitrogen and oxygen atoms in total. The van der Waals surface area contributed by atoms with Gasteiger partial charge in [0.25, 0.3) is 0 Å². The number of benzene rings is 1. The molecule has 19 heavy (non-hydrogen) atoms. The summed E-state index contributed by atoms with van der Waals surface area (Å²) in [5, 5.41) is 4.69. The summed E-state index contributed by atoms with van der Waals surface area (Å²) in [6.07, 6.45) is 7.07. The zero-order valence-electron chi connectivity index (χ0n) is 11.4. The molecule has 1 aliphatic rings. The molecule has 3 rings (SSSR count). The van der Waals surface area contributed by atoms with Crippen LogP contribution in [0, 0.1) is 5.41 Å². The third kappa shape index (κ3) is 2.37. The van der Waals surface area contributed by atoms with Gasteiger partial charge in [-0.25, -0.2) is 0 Å². The van der Waals surface area contributed by atoms with E-state index in [0.717, 1.165) is 28.8 Å². The minimum absolute atomic E-state index is 0.414. The number of nitrogens with one attached hydrogen (secondary N) is 1. The van der Waals surface area contributed by atoms with Crippen LogP contribution in [0.4, 0.5) is 11.4 Å². The summed E-state index contributed by atoms with van der Waals surface area (Å²) in [5.74, 6) is 0. The predicted molar refractivity (Wildman–Crippen MR) is 81.2 cm³/mol. The molecule has 0 radical (unpaired) electrons. The number of anilines is 2. The number of hydrogen-bond acceptors (Lipinski definition) is 3. The Morgan fingerprint density at radius 1 is 1.26 bits per heavy atom. The number of nitrogens with zero attached hydrogens (tertiary/aromatic N) is 1. The van der Waals surface area contributed by atoms with Crippen molar-refractivity contribution in [3.63, 3.8) is 0 Å². The van der Waals surface area contributed by atoms with Crippen LogP contribution in [0.15, 0.2) is 30.5 Å². The second kappa shape index (κ2) is 4.72. The molecule has 3 heteroatoms. The van der Waals surface area contributed by atoms with Gasteiger partial charge in [0, 0.05) is 11.9 Å². The molecule has 0 amide bonds. The number of fused-ring (bicyclic) bond motifs is 1. The van der Waals surface area contributed by atoms with Crippen LogP contribution in [0.25, 0.3) is 10.9 Å². The average Bonchev–Trinajstić information content (AvgIpc) is 2.85. The lowest BCUT2D eigenvalue weighted by Gasteiger charge is -2.25. The summed E-state index contributed by atoms with van der Waals surface area (Å²) in [4.78, 5) is 4.37. The van der Waals surface area contributed by atoms with Crippen LogP contribution in [0.3, 0.4) is 0 Å². The van der Waals surface area contributed by atoms with Crippen LogP contribution in [0.5, 0.6) is 0 Å². The van der Waals surface area contributed by atoms with Crippen molar-refractivity contribution in [1.82, 2.24) is 4.98 Å². The summed E-state index contributed by atoms with van der Waals surface area (Å²) in [5.41, 5.74) is 9.28. The second-order valence-electron chi connectivity index (χ2n) is 5.98. The van der Waals surface area contributed by atoms with Gasteiger partial charge in [0.1, 0.15) is 0 Å². The minimum atomic E-state index is 0.414. The van der Waals surface area contributed by atoms with Gasteiger partial charge in [0.2, 0.25) is 0 Å². The Morgan fingerprint density at radius 2 is 2.00 bits per heavy atom. The van der Waals surface area contributed by atoms with Crippen molar-refractivity contribution in [3.05, 3.63) is 30.5 Å². The van der Waals surface area contributed by atoms with Gasteiger partial charge in [-0.1, -0.05) is 38.0 Å². The van der Waals surface area contributed by atoms with Gasteiger partial charge >= 0.3 is 0 Å². The van der Waals surface area contributed by atoms with Crippen molar-refractivity contribution in [1.29, 1.82) is 0 Å². The van der Waals surface area contributed by atoms with E-state index in [0.29, 0.717) is 5.41 Å².